The SMILES string of the molecule is CCCC1CCCC(Nc2ccc3ncsc3c2)CC1. The van der Waals surface area contributed by atoms with Gasteiger partial charge in [-0.1, -0.05) is 32.6 Å². The lowest BCUT2D eigenvalue weighted by Crippen LogP contribution is -2.18. The van der Waals surface area contributed by atoms with Gasteiger partial charge in [0.05, 0.1) is 15.7 Å². The van der Waals surface area contributed by atoms with Crippen LogP contribution in [0.25, 0.3) is 10.2 Å². The monoisotopic (exact) mass is 288 g/mol. The molecule has 0 bridgehead atoms. The summed E-state index contributed by atoms with van der Waals surface area (Å²) >= 11 is 1.72. The summed E-state index contributed by atoms with van der Waals surface area (Å²) < 4.78 is 1.28. The Balaban J connectivity index is 1.62. The number of thiazole rings is 1. The summed E-state index contributed by atoms with van der Waals surface area (Å²) in [6, 6.07) is 7.21. The standard InChI is InChI=1S/C17H24N2S/c1-2-4-13-5-3-6-14(8-7-13)19-15-9-10-16-17(11-15)20-12-18-16/h9-14,19H,2-8H2,1H3. The lowest BCUT2D eigenvalue weighted by molar-refractivity contribution is 0.422. The number of hydrogen-bond acceptors (Lipinski definition) is 3. The van der Waals surface area contributed by atoms with Gasteiger partial charge in [0.2, 0.25) is 0 Å². The Bertz CT molecular complexity index is 549. The van der Waals surface area contributed by atoms with Crippen molar-refractivity contribution in [3.8, 4) is 0 Å². The smallest absolute Gasteiger partial charge is 0.0813 e. The lowest BCUT2D eigenvalue weighted by atomic mass is 9.95. The van der Waals surface area contributed by atoms with Crippen molar-refractivity contribution in [3.05, 3.63) is 23.7 Å². The molecule has 2 nitrogen and oxygen atoms in total. The molecule has 0 saturated heterocycles. The van der Waals surface area contributed by atoms with Crippen molar-refractivity contribution >= 4 is 27.2 Å². The van der Waals surface area contributed by atoms with Crippen LogP contribution in [0, 0.1) is 5.92 Å². The van der Waals surface area contributed by atoms with Gasteiger partial charge in [-0.2, -0.15) is 0 Å². The highest BCUT2D eigenvalue weighted by atomic mass is 32.1. The molecule has 20 heavy (non-hydrogen) atoms. The van der Waals surface area contributed by atoms with Gasteiger partial charge in [0.1, 0.15) is 0 Å². The second-order valence-electron chi connectivity index (χ2n) is 6.04. The van der Waals surface area contributed by atoms with Crippen LogP contribution >= 0.6 is 11.3 Å². The summed E-state index contributed by atoms with van der Waals surface area (Å²) in [6.07, 6.45) is 9.61. The first kappa shape index (κ1) is 13.9. The molecular weight excluding hydrogens is 264 g/mol. The number of anilines is 1. The summed E-state index contributed by atoms with van der Waals surface area (Å²) in [5, 5.41) is 3.74. The molecule has 3 heteroatoms. The van der Waals surface area contributed by atoms with E-state index in [1.165, 1.54) is 55.3 Å². The minimum atomic E-state index is 0.655. The first-order valence-electron chi connectivity index (χ1n) is 7.95. The number of hydrogen-bond donors (Lipinski definition) is 1. The van der Waals surface area contributed by atoms with Gasteiger partial charge in [0.25, 0.3) is 0 Å². The summed E-state index contributed by atoms with van der Waals surface area (Å²) in [5.41, 5.74) is 4.31. The predicted octanol–water partition coefficient (Wildman–Crippen LogP) is 5.46. The Morgan fingerprint density at radius 3 is 3.10 bits per heavy atom. The van der Waals surface area contributed by atoms with E-state index in [1.807, 2.05) is 5.51 Å². The fourth-order valence-corrected chi connectivity index (χ4v) is 4.12. The van der Waals surface area contributed by atoms with E-state index in [-0.39, 0.29) is 0 Å². The third kappa shape index (κ3) is 3.32. The largest absolute Gasteiger partial charge is 0.382 e. The minimum absolute atomic E-state index is 0.655. The molecule has 1 aliphatic carbocycles. The maximum Gasteiger partial charge on any atom is 0.0813 e. The minimum Gasteiger partial charge on any atom is -0.382 e. The number of nitrogens with zero attached hydrogens (tertiary/aromatic N) is 1. The molecule has 3 rings (SSSR count). The maximum atomic E-state index is 4.34. The van der Waals surface area contributed by atoms with Crippen LogP contribution in [-0.2, 0) is 0 Å². The molecule has 0 radical (unpaired) electrons. The summed E-state index contributed by atoms with van der Waals surface area (Å²) in [4.78, 5) is 4.34. The first-order valence-corrected chi connectivity index (χ1v) is 8.83. The van der Waals surface area contributed by atoms with E-state index >= 15 is 0 Å². The second-order valence-corrected chi connectivity index (χ2v) is 6.93. The van der Waals surface area contributed by atoms with Crippen LogP contribution in [0.3, 0.4) is 0 Å². The van der Waals surface area contributed by atoms with Crippen LogP contribution in [0.2, 0.25) is 0 Å². The molecule has 0 spiro atoms. The Kier molecular flexibility index (Phi) is 4.56. The molecule has 0 aliphatic heterocycles. The molecule has 2 aromatic rings. The molecule has 1 saturated carbocycles. The third-order valence-electron chi connectivity index (χ3n) is 4.49. The highest BCUT2D eigenvalue weighted by Gasteiger charge is 2.18. The van der Waals surface area contributed by atoms with Crippen LogP contribution in [-0.4, -0.2) is 11.0 Å². The fourth-order valence-electron chi connectivity index (χ4n) is 3.40. The van der Waals surface area contributed by atoms with Crippen LogP contribution < -0.4 is 5.32 Å². The molecule has 0 amide bonds. The van der Waals surface area contributed by atoms with Crippen molar-refractivity contribution in [2.45, 2.75) is 57.9 Å². The van der Waals surface area contributed by atoms with Crippen LogP contribution in [0.5, 0.6) is 0 Å². The molecule has 2 unspecified atom stereocenters. The van der Waals surface area contributed by atoms with Gasteiger partial charge in [-0.05, 0) is 43.4 Å². The number of aromatic nitrogens is 1. The van der Waals surface area contributed by atoms with Gasteiger partial charge in [0.15, 0.2) is 0 Å². The normalized spacial score (nSPS) is 23.6. The number of rotatable bonds is 4. The Morgan fingerprint density at radius 1 is 1.25 bits per heavy atom. The van der Waals surface area contributed by atoms with Gasteiger partial charge in [0, 0.05) is 11.7 Å². The maximum absolute atomic E-state index is 4.34. The van der Waals surface area contributed by atoms with Gasteiger partial charge >= 0.3 is 0 Å². The molecule has 1 aliphatic rings. The molecule has 1 heterocycles. The van der Waals surface area contributed by atoms with Gasteiger partial charge in [-0.3, -0.25) is 0 Å². The summed E-state index contributed by atoms with van der Waals surface area (Å²) in [6.45, 7) is 2.31. The lowest BCUT2D eigenvalue weighted by Gasteiger charge is -2.18. The molecule has 1 aromatic carbocycles. The van der Waals surface area contributed by atoms with Crippen molar-refractivity contribution < 1.29 is 0 Å². The number of fused-ring (bicyclic) bond motifs is 1. The molecule has 1 N–H and O–H groups in total. The highest BCUT2D eigenvalue weighted by Crippen LogP contribution is 2.29. The molecule has 108 valence electrons. The zero-order valence-corrected chi connectivity index (χ0v) is 13.1. The zero-order chi connectivity index (χ0) is 13.8. The highest BCUT2D eigenvalue weighted by molar-refractivity contribution is 7.16. The van der Waals surface area contributed by atoms with Crippen LogP contribution in [0.4, 0.5) is 5.69 Å². The van der Waals surface area contributed by atoms with Crippen molar-refractivity contribution in [1.29, 1.82) is 0 Å². The van der Waals surface area contributed by atoms with E-state index in [2.05, 4.69) is 35.4 Å². The molecular formula is C17H24N2S. The zero-order valence-electron chi connectivity index (χ0n) is 12.3. The fraction of sp³-hybridized carbons (Fsp3) is 0.588. The van der Waals surface area contributed by atoms with E-state index < -0.39 is 0 Å². The topological polar surface area (TPSA) is 24.9 Å². The Labute approximate surface area is 125 Å². The second kappa shape index (κ2) is 6.57. The van der Waals surface area contributed by atoms with Gasteiger partial charge in [-0.25, -0.2) is 4.98 Å². The molecule has 2 atom stereocenters. The molecule has 1 fully saturated rings. The quantitative estimate of drug-likeness (QED) is 0.756. The van der Waals surface area contributed by atoms with Crippen molar-refractivity contribution in [2.75, 3.05) is 5.32 Å². The average molecular weight is 288 g/mol. The third-order valence-corrected chi connectivity index (χ3v) is 5.28. The van der Waals surface area contributed by atoms with E-state index in [4.69, 9.17) is 0 Å². The van der Waals surface area contributed by atoms with E-state index in [0.29, 0.717) is 6.04 Å². The van der Waals surface area contributed by atoms with E-state index in [0.717, 1.165) is 11.4 Å². The van der Waals surface area contributed by atoms with Crippen molar-refractivity contribution in [2.24, 2.45) is 5.92 Å². The van der Waals surface area contributed by atoms with E-state index in [1.54, 1.807) is 11.3 Å². The Morgan fingerprint density at radius 2 is 2.20 bits per heavy atom. The van der Waals surface area contributed by atoms with Crippen LogP contribution in [0.15, 0.2) is 23.7 Å². The molecule has 1 aromatic heterocycles. The predicted molar refractivity (Wildman–Crippen MR) is 88.5 cm³/mol. The number of benzene rings is 1. The van der Waals surface area contributed by atoms with Gasteiger partial charge < -0.3 is 5.32 Å². The Hall–Kier alpha value is -1.09. The summed E-state index contributed by atoms with van der Waals surface area (Å²) in [7, 11) is 0. The van der Waals surface area contributed by atoms with Crippen molar-refractivity contribution in [1.82, 2.24) is 4.98 Å². The first-order chi connectivity index (χ1) is 9.85. The number of nitrogens with one attached hydrogen (secondary N) is 1. The average Bonchev–Trinajstić information content (AvgIpc) is 2.81. The summed E-state index contributed by atoms with van der Waals surface area (Å²) in [5.74, 6) is 0.968. The van der Waals surface area contributed by atoms with Crippen molar-refractivity contribution in [3.63, 3.8) is 0 Å². The van der Waals surface area contributed by atoms with Crippen LogP contribution in [0.1, 0.15) is 51.9 Å². The van der Waals surface area contributed by atoms with E-state index in [9.17, 15) is 0 Å². The van der Waals surface area contributed by atoms with Gasteiger partial charge in [-0.15, -0.1) is 11.3 Å².